The SMILES string of the molecule is O=C(O)[C@@H]1C[C@@H](O)CN1C(=O)OCCCc1ccccc1. The molecule has 0 bridgehead atoms. The van der Waals surface area contributed by atoms with Crippen molar-refractivity contribution < 1.29 is 24.5 Å². The summed E-state index contributed by atoms with van der Waals surface area (Å²) in [5.74, 6) is -1.12. The van der Waals surface area contributed by atoms with Crippen LogP contribution in [0.2, 0.25) is 0 Å². The first-order valence-electron chi connectivity index (χ1n) is 6.96. The Labute approximate surface area is 122 Å². The maximum absolute atomic E-state index is 11.8. The molecule has 2 N–H and O–H groups in total. The molecule has 2 rings (SSSR count). The van der Waals surface area contributed by atoms with Gasteiger partial charge in [0.1, 0.15) is 6.04 Å². The van der Waals surface area contributed by atoms with Crippen molar-refractivity contribution in [2.24, 2.45) is 0 Å². The summed E-state index contributed by atoms with van der Waals surface area (Å²) in [7, 11) is 0. The van der Waals surface area contributed by atoms with Crippen LogP contribution in [0.4, 0.5) is 4.79 Å². The molecule has 0 aliphatic carbocycles. The third-order valence-electron chi connectivity index (χ3n) is 3.48. The van der Waals surface area contributed by atoms with E-state index in [0.29, 0.717) is 6.42 Å². The number of likely N-dealkylation sites (tertiary alicyclic amines) is 1. The summed E-state index contributed by atoms with van der Waals surface area (Å²) < 4.78 is 5.09. The predicted molar refractivity (Wildman–Crippen MR) is 74.9 cm³/mol. The van der Waals surface area contributed by atoms with Crippen LogP contribution in [0.5, 0.6) is 0 Å². The quantitative estimate of drug-likeness (QED) is 0.798. The molecular formula is C15H19NO5. The van der Waals surface area contributed by atoms with Crippen LogP contribution in [0.1, 0.15) is 18.4 Å². The summed E-state index contributed by atoms with van der Waals surface area (Å²) in [5.41, 5.74) is 1.16. The molecule has 2 atom stereocenters. The van der Waals surface area contributed by atoms with E-state index in [4.69, 9.17) is 9.84 Å². The number of aliphatic hydroxyl groups excluding tert-OH is 1. The smallest absolute Gasteiger partial charge is 0.410 e. The van der Waals surface area contributed by atoms with Gasteiger partial charge in [0.05, 0.1) is 19.3 Å². The van der Waals surface area contributed by atoms with E-state index in [1.807, 2.05) is 30.3 Å². The number of hydrogen-bond acceptors (Lipinski definition) is 4. The van der Waals surface area contributed by atoms with Gasteiger partial charge in [-0.05, 0) is 18.4 Å². The second-order valence-corrected chi connectivity index (χ2v) is 5.10. The molecule has 1 amide bonds. The zero-order valence-electron chi connectivity index (χ0n) is 11.6. The molecule has 0 radical (unpaired) electrons. The fourth-order valence-electron chi connectivity index (χ4n) is 2.41. The van der Waals surface area contributed by atoms with Gasteiger partial charge in [0.15, 0.2) is 0 Å². The largest absolute Gasteiger partial charge is 0.480 e. The first kappa shape index (κ1) is 15.3. The molecule has 6 heteroatoms. The summed E-state index contributed by atoms with van der Waals surface area (Å²) in [5, 5.41) is 18.5. The van der Waals surface area contributed by atoms with Crippen LogP contribution in [0.15, 0.2) is 30.3 Å². The Balaban J connectivity index is 1.75. The molecule has 1 aromatic carbocycles. The Morgan fingerprint density at radius 1 is 1.29 bits per heavy atom. The van der Waals surface area contributed by atoms with Gasteiger partial charge in [0.25, 0.3) is 0 Å². The number of carboxylic acids is 1. The summed E-state index contributed by atoms with van der Waals surface area (Å²) >= 11 is 0. The standard InChI is InChI=1S/C15H19NO5/c17-12-9-13(14(18)19)16(10-12)15(20)21-8-4-7-11-5-2-1-3-6-11/h1-3,5-6,12-13,17H,4,7-10H2,(H,18,19)/t12-,13+/m1/s1. The normalized spacial score (nSPS) is 21.3. The highest BCUT2D eigenvalue weighted by Gasteiger charge is 2.39. The number of benzene rings is 1. The molecule has 1 aliphatic rings. The van der Waals surface area contributed by atoms with Crippen LogP contribution in [-0.4, -0.2) is 52.5 Å². The Hall–Kier alpha value is -2.08. The summed E-state index contributed by atoms with van der Waals surface area (Å²) in [6.07, 6.45) is 0.0345. The van der Waals surface area contributed by atoms with Crippen molar-refractivity contribution in [1.82, 2.24) is 4.90 Å². The maximum Gasteiger partial charge on any atom is 0.410 e. The van der Waals surface area contributed by atoms with Gasteiger partial charge in [-0.15, -0.1) is 0 Å². The van der Waals surface area contributed by atoms with Crippen molar-refractivity contribution in [3.05, 3.63) is 35.9 Å². The van der Waals surface area contributed by atoms with Crippen LogP contribution in [-0.2, 0) is 16.0 Å². The van der Waals surface area contributed by atoms with Crippen LogP contribution in [0.25, 0.3) is 0 Å². The fourth-order valence-corrected chi connectivity index (χ4v) is 2.41. The van der Waals surface area contributed by atoms with E-state index in [-0.39, 0.29) is 19.6 Å². The number of ether oxygens (including phenoxy) is 1. The average molecular weight is 293 g/mol. The number of aliphatic hydroxyl groups is 1. The van der Waals surface area contributed by atoms with Gasteiger partial charge in [0, 0.05) is 6.42 Å². The van der Waals surface area contributed by atoms with E-state index in [2.05, 4.69) is 0 Å². The highest BCUT2D eigenvalue weighted by atomic mass is 16.6. The third kappa shape index (κ3) is 4.19. The van der Waals surface area contributed by atoms with Crippen molar-refractivity contribution in [3.63, 3.8) is 0 Å². The van der Waals surface area contributed by atoms with Crippen LogP contribution in [0, 0.1) is 0 Å². The molecule has 21 heavy (non-hydrogen) atoms. The number of aliphatic carboxylic acids is 1. The Morgan fingerprint density at radius 2 is 2.00 bits per heavy atom. The van der Waals surface area contributed by atoms with E-state index in [1.54, 1.807) is 0 Å². The fraction of sp³-hybridized carbons (Fsp3) is 0.467. The minimum absolute atomic E-state index is 0.00842. The van der Waals surface area contributed by atoms with Crippen LogP contribution in [0.3, 0.4) is 0 Å². The van der Waals surface area contributed by atoms with Crippen molar-refractivity contribution in [3.8, 4) is 0 Å². The predicted octanol–water partition coefficient (Wildman–Crippen LogP) is 1.28. The van der Waals surface area contributed by atoms with Gasteiger partial charge in [-0.1, -0.05) is 30.3 Å². The molecule has 0 spiro atoms. The molecule has 0 unspecified atom stereocenters. The van der Waals surface area contributed by atoms with Crippen molar-refractivity contribution in [1.29, 1.82) is 0 Å². The number of amides is 1. The monoisotopic (exact) mass is 293 g/mol. The van der Waals surface area contributed by atoms with E-state index in [1.165, 1.54) is 0 Å². The Morgan fingerprint density at radius 3 is 2.67 bits per heavy atom. The zero-order valence-corrected chi connectivity index (χ0v) is 11.6. The topological polar surface area (TPSA) is 87.1 Å². The van der Waals surface area contributed by atoms with Crippen molar-refractivity contribution in [2.45, 2.75) is 31.4 Å². The summed E-state index contributed by atoms with van der Waals surface area (Å²) in [6.45, 7) is 0.237. The highest BCUT2D eigenvalue weighted by molar-refractivity contribution is 5.80. The first-order chi connectivity index (χ1) is 10.1. The van der Waals surface area contributed by atoms with E-state index in [0.717, 1.165) is 16.9 Å². The number of aryl methyl sites for hydroxylation is 1. The lowest BCUT2D eigenvalue weighted by Crippen LogP contribution is -2.41. The minimum Gasteiger partial charge on any atom is -0.480 e. The summed E-state index contributed by atoms with van der Waals surface area (Å²) in [4.78, 5) is 23.9. The zero-order chi connectivity index (χ0) is 15.2. The van der Waals surface area contributed by atoms with Crippen molar-refractivity contribution >= 4 is 12.1 Å². The Bertz CT molecular complexity index is 490. The molecule has 1 fully saturated rings. The van der Waals surface area contributed by atoms with Gasteiger partial charge >= 0.3 is 12.1 Å². The van der Waals surface area contributed by atoms with Crippen LogP contribution >= 0.6 is 0 Å². The van der Waals surface area contributed by atoms with E-state index >= 15 is 0 Å². The molecule has 114 valence electrons. The van der Waals surface area contributed by atoms with Gasteiger partial charge < -0.3 is 14.9 Å². The molecule has 1 aliphatic heterocycles. The number of rotatable bonds is 5. The third-order valence-corrected chi connectivity index (χ3v) is 3.48. The lowest BCUT2D eigenvalue weighted by molar-refractivity contribution is -0.141. The maximum atomic E-state index is 11.8. The number of carbonyl (C=O) groups is 2. The van der Waals surface area contributed by atoms with Gasteiger partial charge in [-0.25, -0.2) is 9.59 Å². The van der Waals surface area contributed by atoms with Gasteiger partial charge in [-0.2, -0.15) is 0 Å². The van der Waals surface area contributed by atoms with Gasteiger partial charge in [0.2, 0.25) is 0 Å². The first-order valence-corrected chi connectivity index (χ1v) is 6.96. The Kier molecular flexibility index (Phi) is 5.16. The van der Waals surface area contributed by atoms with Crippen molar-refractivity contribution in [2.75, 3.05) is 13.2 Å². The molecular weight excluding hydrogens is 274 g/mol. The number of β-amino-alcohol motifs (C(OH)–C–C–N with tert-alkyl or cyclic N) is 1. The highest BCUT2D eigenvalue weighted by Crippen LogP contribution is 2.19. The van der Waals surface area contributed by atoms with Crippen LogP contribution < -0.4 is 0 Å². The second kappa shape index (κ2) is 7.08. The molecule has 1 aromatic rings. The minimum atomic E-state index is -1.12. The van der Waals surface area contributed by atoms with Gasteiger partial charge in [-0.3, -0.25) is 4.90 Å². The molecule has 0 aromatic heterocycles. The molecule has 1 saturated heterocycles. The summed E-state index contributed by atoms with van der Waals surface area (Å²) in [6, 6.07) is 8.84. The molecule has 6 nitrogen and oxygen atoms in total. The van der Waals surface area contributed by atoms with E-state index < -0.39 is 24.2 Å². The number of carboxylic acid groups (broad SMARTS) is 1. The number of hydrogen-bond donors (Lipinski definition) is 2. The lowest BCUT2D eigenvalue weighted by atomic mass is 10.1. The number of carbonyl (C=O) groups excluding carboxylic acids is 1. The lowest BCUT2D eigenvalue weighted by Gasteiger charge is -2.20. The second-order valence-electron chi connectivity index (χ2n) is 5.10. The average Bonchev–Trinajstić information content (AvgIpc) is 2.87. The number of nitrogens with zero attached hydrogens (tertiary/aromatic N) is 1. The molecule has 1 heterocycles. The molecule has 0 saturated carbocycles. The van der Waals surface area contributed by atoms with E-state index in [9.17, 15) is 14.7 Å².